The van der Waals surface area contributed by atoms with Crippen LogP contribution in [0.25, 0.3) is 11.0 Å². The number of ether oxygens (including phenoxy) is 1. The second-order valence-corrected chi connectivity index (χ2v) is 5.30. The van der Waals surface area contributed by atoms with Crippen LogP contribution in [0.4, 0.5) is 14.5 Å². The molecule has 25 heavy (non-hydrogen) atoms. The fraction of sp³-hybridized carbons (Fsp3) is 0.111. The van der Waals surface area contributed by atoms with Gasteiger partial charge in [0.15, 0.2) is 6.61 Å². The van der Waals surface area contributed by atoms with E-state index in [1.807, 2.05) is 0 Å². The van der Waals surface area contributed by atoms with Crippen LogP contribution in [0.1, 0.15) is 16.1 Å². The number of hydrogen-bond acceptors (Lipinski definition) is 4. The number of amides is 1. The number of carbonyl (C=O) groups is 2. The Kier molecular flexibility index (Phi) is 4.47. The van der Waals surface area contributed by atoms with E-state index in [1.165, 1.54) is 0 Å². The van der Waals surface area contributed by atoms with Crippen LogP contribution in [0.15, 0.2) is 46.9 Å². The van der Waals surface area contributed by atoms with Crippen molar-refractivity contribution in [3.8, 4) is 0 Å². The molecule has 0 atom stereocenters. The molecule has 2 aromatic carbocycles. The number of esters is 1. The van der Waals surface area contributed by atoms with Crippen molar-refractivity contribution < 1.29 is 27.5 Å². The van der Waals surface area contributed by atoms with Crippen LogP contribution in [0.3, 0.4) is 0 Å². The first-order valence-electron chi connectivity index (χ1n) is 7.36. The summed E-state index contributed by atoms with van der Waals surface area (Å²) in [6, 6.07) is 9.72. The molecule has 0 saturated heterocycles. The number of anilines is 1. The summed E-state index contributed by atoms with van der Waals surface area (Å²) in [6.07, 6.45) is 0. The molecule has 0 spiro atoms. The second kappa shape index (κ2) is 6.72. The molecule has 1 aromatic heterocycles. The molecular formula is C18H13F2NO4. The van der Waals surface area contributed by atoms with Crippen molar-refractivity contribution >= 4 is 28.5 Å². The number of hydrogen-bond donors (Lipinski definition) is 1. The first kappa shape index (κ1) is 16.6. The van der Waals surface area contributed by atoms with E-state index in [-0.39, 0.29) is 11.4 Å². The lowest BCUT2D eigenvalue weighted by molar-refractivity contribution is -0.119. The fourth-order valence-electron chi connectivity index (χ4n) is 2.35. The quantitative estimate of drug-likeness (QED) is 0.730. The molecule has 0 saturated carbocycles. The lowest BCUT2D eigenvalue weighted by Gasteiger charge is -2.07. The minimum Gasteiger partial charge on any atom is -0.450 e. The lowest BCUT2D eigenvalue weighted by Crippen LogP contribution is -2.21. The van der Waals surface area contributed by atoms with Crippen molar-refractivity contribution in [3.63, 3.8) is 0 Å². The summed E-state index contributed by atoms with van der Waals surface area (Å²) in [7, 11) is 0. The zero-order chi connectivity index (χ0) is 18.0. The minimum absolute atomic E-state index is 0.00839. The molecule has 1 N–H and O–H groups in total. The van der Waals surface area contributed by atoms with Gasteiger partial charge in [0.1, 0.15) is 17.2 Å². The number of furan rings is 1. The highest BCUT2D eigenvalue weighted by molar-refractivity contribution is 5.98. The molecule has 5 nitrogen and oxygen atoms in total. The Balaban J connectivity index is 1.66. The summed E-state index contributed by atoms with van der Waals surface area (Å²) in [5, 5.41) is 2.90. The molecule has 0 radical (unpaired) electrons. The van der Waals surface area contributed by atoms with Gasteiger partial charge in [-0.2, -0.15) is 0 Å². The number of halogens is 2. The summed E-state index contributed by atoms with van der Waals surface area (Å²) in [4.78, 5) is 23.8. The zero-order valence-electron chi connectivity index (χ0n) is 13.1. The molecule has 0 bridgehead atoms. The van der Waals surface area contributed by atoms with Crippen molar-refractivity contribution in [2.75, 3.05) is 11.9 Å². The smallest absolute Gasteiger partial charge is 0.375 e. The Morgan fingerprint density at radius 3 is 2.68 bits per heavy atom. The predicted molar refractivity (Wildman–Crippen MR) is 86.2 cm³/mol. The first-order chi connectivity index (χ1) is 12.0. The van der Waals surface area contributed by atoms with E-state index < -0.39 is 30.1 Å². The van der Waals surface area contributed by atoms with Gasteiger partial charge in [0.2, 0.25) is 5.76 Å². The summed E-state index contributed by atoms with van der Waals surface area (Å²) < 4.78 is 36.8. The highest BCUT2D eigenvalue weighted by atomic mass is 19.1. The fourth-order valence-corrected chi connectivity index (χ4v) is 2.35. The Hall–Kier alpha value is -3.22. The summed E-state index contributed by atoms with van der Waals surface area (Å²) in [5.41, 5.74) is 0.788. The number of aryl methyl sites for hydroxylation is 1. The third-order valence-electron chi connectivity index (χ3n) is 3.57. The molecule has 0 unspecified atom stereocenters. The van der Waals surface area contributed by atoms with Gasteiger partial charge in [-0.05, 0) is 25.1 Å². The molecule has 0 aliphatic rings. The highest BCUT2D eigenvalue weighted by Crippen LogP contribution is 2.25. The normalized spacial score (nSPS) is 10.7. The summed E-state index contributed by atoms with van der Waals surface area (Å²) in [6.45, 7) is 1.04. The van der Waals surface area contributed by atoms with Crippen LogP contribution in [-0.4, -0.2) is 18.5 Å². The van der Waals surface area contributed by atoms with E-state index in [4.69, 9.17) is 9.15 Å². The van der Waals surface area contributed by atoms with Crippen molar-refractivity contribution in [1.82, 2.24) is 0 Å². The summed E-state index contributed by atoms with van der Waals surface area (Å²) >= 11 is 0. The number of benzene rings is 2. The van der Waals surface area contributed by atoms with Crippen molar-refractivity contribution in [3.05, 3.63) is 65.4 Å². The summed E-state index contributed by atoms with van der Waals surface area (Å²) in [5.74, 6) is -3.12. The van der Waals surface area contributed by atoms with E-state index in [0.29, 0.717) is 11.1 Å². The molecule has 3 rings (SSSR count). The number of carbonyl (C=O) groups excluding carboxylic acids is 2. The Morgan fingerprint density at radius 1 is 1.16 bits per heavy atom. The molecular weight excluding hydrogens is 332 g/mol. The topological polar surface area (TPSA) is 68.5 Å². The average Bonchev–Trinajstić information content (AvgIpc) is 2.93. The maximum absolute atomic E-state index is 13.5. The van der Waals surface area contributed by atoms with Crippen LogP contribution in [0, 0.1) is 18.6 Å². The van der Waals surface area contributed by atoms with Crippen LogP contribution in [0.5, 0.6) is 0 Å². The monoisotopic (exact) mass is 345 g/mol. The van der Waals surface area contributed by atoms with Gasteiger partial charge in [-0.25, -0.2) is 13.6 Å². The van der Waals surface area contributed by atoms with Crippen LogP contribution < -0.4 is 5.32 Å². The number of para-hydroxylation sites is 1. The van der Waals surface area contributed by atoms with Crippen LogP contribution in [-0.2, 0) is 9.53 Å². The number of rotatable bonds is 4. The van der Waals surface area contributed by atoms with Crippen molar-refractivity contribution in [2.24, 2.45) is 0 Å². The van der Waals surface area contributed by atoms with Gasteiger partial charge < -0.3 is 14.5 Å². The van der Waals surface area contributed by atoms with Gasteiger partial charge in [-0.15, -0.1) is 0 Å². The Morgan fingerprint density at radius 2 is 1.92 bits per heavy atom. The van der Waals surface area contributed by atoms with E-state index in [9.17, 15) is 18.4 Å². The molecule has 7 heteroatoms. The lowest BCUT2D eigenvalue weighted by atomic mass is 10.1. The SMILES string of the molecule is Cc1c(C(=O)OCC(=O)Nc2cc(F)ccc2F)oc2ccccc12. The zero-order valence-corrected chi connectivity index (χ0v) is 13.1. The van der Waals surface area contributed by atoms with Crippen molar-refractivity contribution in [2.45, 2.75) is 6.92 Å². The van der Waals surface area contributed by atoms with E-state index in [0.717, 1.165) is 23.6 Å². The van der Waals surface area contributed by atoms with Gasteiger partial charge >= 0.3 is 5.97 Å². The van der Waals surface area contributed by atoms with Crippen molar-refractivity contribution in [1.29, 1.82) is 0 Å². The molecule has 0 aliphatic heterocycles. The highest BCUT2D eigenvalue weighted by Gasteiger charge is 2.20. The van der Waals surface area contributed by atoms with Gasteiger partial charge in [0.25, 0.3) is 5.91 Å². The first-order valence-corrected chi connectivity index (χ1v) is 7.36. The molecule has 1 amide bonds. The van der Waals surface area contributed by atoms with Crippen LogP contribution in [0.2, 0.25) is 0 Å². The third-order valence-corrected chi connectivity index (χ3v) is 3.57. The van der Waals surface area contributed by atoms with Gasteiger partial charge in [-0.1, -0.05) is 18.2 Å². The maximum atomic E-state index is 13.5. The average molecular weight is 345 g/mol. The van der Waals surface area contributed by atoms with Gasteiger partial charge in [0.05, 0.1) is 5.69 Å². The van der Waals surface area contributed by atoms with E-state index in [1.54, 1.807) is 31.2 Å². The third kappa shape index (κ3) is 3.50. The number of nitrogens with one attached hydrogen (secondary N) is 1. The molecule has 0 aliphatic carbocycles. The Bertz CT molecular complexity index is 965. The predicted octanol–water partition coefficient (Wildman–Crippen LogP) is 3.81. The Labute approximate surface area is 141 Å². The molecule has 0 fully saturated rings. The van der Waals surface area contributed by atoms with Gasteiger partial charge in [-0.3, -0.25) is 4.79 Å². The van der Waals surface area contributed by atoms with Gasteiger partial charge in [0, 0.05) is 17.0 Å². The molecule has 128 valence electrons. The largest absolute Gasteiger partial charge is 0.450 e. The standard InChI is InChI=1S/C18H13F2NO4/c1-10-12-4-2-3-5-15(12)25-17(10)18(23)24-9-16(22)21-14-8-11(19)6-7-13(14)20/h2-8H,9H2,1H3,(H,21,22). The minimum atomic E-state index is -0.816. The van der Waals surface area contributed by atoms with E-state index >= 15 is 0 Å². The molecule has 3 aromatic rings. The van der Waals surface area contributed by atoms with Crippen LogP contribution >= 0.6 is 0 Å². The molecule has 1 heterocycles. The maximum Gasteiger partial charge on any atom is 0.375 e. The van der Waals surface area contributed by atoms with E-state index in [2.05, 4.69) is 5.32 Å². The number of fused-ring (bicyclic) bond motifs is 1. The second-order valence-electron chi connectivity index (χ2n) is 5.30.